The number of likely N-dealkylation sites (tertiary alicyclic amines) is 1. The molecule has 0 unspecified atom stereocenters. The number of aliphatic hydroxyl groups excluding tert-OH is 1. The zero-order valence-corrected chi connectivity index (χ0v) is 18.1. The van der Waals surface area contributed by atoms with E-state index in [4.69, 9.17) is 4.42 Å². The van der Waals surface area contributed by atoms with Gasteiger partial charge in [0.05, 0.1) is 17.1 Å². The number of carbonyl (C=O) groups is 2. The minimum Gasteiger partial charge on any atom is -0.507 e. The first kappa shape index (κ1) is 21.5. The molecule has 1 atom stereocenters. The lowest BCUT2D eigenvalue weighted by atomic mass is 9.96. The second-order valence-corrected chi connectivity index (χ2v) is 8.04. The van der Waals surface area contributed by atoms with Crippen LogP contribution in [0.3, 0.4) is 0 Å². The van der Waals surface area contributed by atoms with Crippen molar-refractivity contribution < 1.29 is 19.1 Å². The number of aliphatic hydroxyl groups is 1. The molecule has 0 aliphatic carbocycles. The number of Topliss-reactive ketones (excluding diaryl/α,β-unsaturated/α-hetero) is 1. The molecule has 166 valence electrons. The fraction of sp³-hybridized carbons (Fsp3) is 0.304. The summed E-state index contributed by atoms with van der Waals surface area (Å²) in [4.78, 5) is 45.3. The summed E-state index contributed by atoms with van der Waals surface area (Å²) in [6, 6.07) is 7.43. The first-order valence-corrected chi connectivity index (χ1v) is 10.2. The van der Waals surface area contributed by atoms with Crippen molar-refractivity contribution in [2.75, 3.05) is 27.2 Å². The second kappa shape index (κ2) is 8.43. The Hall–Kier alpha value is -3.72. The molecule has 9 heteroatoms. The maximum Gasteiger partial charge on any atom is 0.419 e. The summed E-state index contributed by atoms with van der Waals surface area (Å²) in [5, 5.41) is 11.1. The van der Waals surface area contributed by atoms with Crippen molar-refractivity contribution in [2.45, 2.75) is 12.5 Å². The Labute approximate surface area is 184 Å². The van der Waals surface area contributed by atoms with Crippen molar-refractivity contribution >= 4 is 28.5 Å². The number of pyridine rings is 1. The summed E-state index contributed by atoms with van der Waals surface area (Å²) in [5.41, 5.74) is 1.81. The van der Waals surface area contributed by atoms with Gasteiger partial charge in [-0.05, 0) is 63.0 Å². The quantitative estimate of drug-likeness (QED) is 0.357. The van der Waals surface area contributed by atoms with E-state index < -0.39 is 23.5 Å². The number of amides is 1. The molecule has 2 aromatic heterocycles. The summed E-state index contributed by atoms with van der Waals surface area (Å²) in [6.45, 7) is 1.11. The third-order valence-electron chi connectivity index (χ3n) is 5.63. The molecule has 0 spiro atoms. The van der Waals surface area contributed by atoms with E-state index in [1.165, 1.54) is 15.5 Å². The van der Waals surface area contributed by atoms with Gasteiger partial charge in [-0.3, -0.25) is 19.1 Å². The zero-order valence-electron chi connectivity index (χ0n) is 18.1. The van der Waals surface area contributed by atoms with Gasteiger partial charge in [0.2, 0.25) is 0 Å². The molecule has 1 fully saturated rings. The summed E-state index contributed by atoms with van der Waals surface area (Å²) < 4.78 is 6.55. The molecule has 0 saturated carbocycles. The molecule has 1 saturated heterocycles. The maximum absolute atomic E-state index is 13.0. The number of oxazole rings is 1. The number of ketones is 1. The molecule has 1 amide bonds. The SMILES string of the molecule is CN(C)CCCN1C(=O)C(=O)C(=C(O)c2ccc3c(c2)oc(=O)n3C)[C@H]1c1ccncc1. The molecule has 0 radical (unpaired) electrons. The molecule has 4 rings (SSSR count). The highest BCUT2D eigenvalue weighted by atomic mass is 16.4. The van der Waals surface area contributed by atoms with E-state index in [1.807, 2.05) is 19.0 Å². The van der Waals surface area contributed by atoms with Gasteiger partial charge in [-0.25, -0.2) is 4.79 Å². The molecule has 0 bridgehead atoms. The fourth-order valence-corrected chi connectivity index (χ4v) is 4.00. The Kier molecular flexibility index (Phi) is 5.67. The molecule has 1 aromatic carbocycles. The number of hydrogen-bond acceptors (Lipinski definition) is 7. The van der Waals surface area contributed by atoms with Crippen molar-refractivity contribution in [1.29, 1.82) is 0 Å². The van der Waals surface area contributed by atoms with E-state index in [0.29, 0.717) is 24.0 Å². The minimum atomic E-state index is -0.747. The number of carbonyl (C=O) groups excluding carboxylic acids is 2. The summed E-state index contributed by atoms with van der Waals surface area (Å²) in [5.74, 6) is -2.24. The molecule has 1 aliphatic heterocycles. The van der Waals surface area contributed by atoms with Gasteiger partial charge in [-0.1, -0.05) is 0 Å². The Morgan fingerprint density at radius 2 is 1.88 bits per heavy atom. The molecule has 32 heavy (non-hydrogen) atoms. The van der Waals surface area contributed by atoms with E-state index in [-0.39, 0.29) is 22.5 Å². The highest BCUT2D eigenvalue weighted by molar-refractivity contribution is 6.46. The molecule has 9 nitrogen and oxygen atoms in total. The number of benzene rings is 1. The number of aromatic nitrogens is 2. The maximum atomic E-state index is 13.0. The lowest BCUT2D eigenvalue weighted by molar-refractivity contribution is -0.139. The van der Waals surface area contributed by atoms with Gasteiger partial charge in [-0.2, -0.15) is 0 Å². The molecular formula is C23H24N4O5. The minimum absolute atomic E-state index is 0.00341. The van der Waals surface area contributed by atoms with E-state index in [9.17, 15) is 19.5 Å². The fourth-order valence-electron chi connectivity index (χ4n) is 4.00. The smallest absolute Gasteiger partial charge is 0.419 e. The van der Waals surface area contributed by atoms with Crippen molar-refractivity contribution in [3.8, 4) is 0 Å². The average molecular weight is 436 g/mol. The van der Waals surface area contributed by atoms with Gasteiger partial charge in [0.15, 0.2) is 5.58 Å². The van der Waals surface area contributed by atoms with Crippen LogP contribution >= 0.6 is 0 Å². The predicted octanol–water partition coefficient (Wildman–Crippen LogP) is 1.90. The highest BCUT2D eigenvalue weighted by Gasteiger charge is 2.45. The van der Waals surface area contributed by atoms with Crippen LogP contribution in [0.25, 0.3) is 16.9 Å². The van der Waals surface area contributed by atoms with Crippen molar-refractivity contribution in [3.05, 3.63) is 70.0 Å². The molecule has 1 aliphatic rings. The van der Waals surface area contributed by atoms with E-state index in [2.05, 4.69) is 4.98 Å². The Bertz CT molecular complexity index is 1270. The third-order valence-corrected chi connectivity index (χ3v) is 5.63. The number of aryl methyl sites for hydroxylation is 1. The van der Waals surface area contributed by atoms with Crippen LogP contribution < -0.4 is 5.76 Å². The summed E-state index contributed by atoms with van der Waals surface area (Å²) >= 11 is 0. The Morgan fingerprint density at radius 3 is 2.56 bits per heavy atom. The number of rotatable bonds is 6. The highest BCUT2D eigenvalue weighted by Crippen LogP contribution is 2.39. The largest absolute Gasteiger partial charge is 0.507 e. The Balaban J connectivity index is 1.82. The van der Waals surface area contributed by atoms with E-state index in [1.54, 1.807) is 43.7 Å². The second-order valence-electron chi connectivity index (χ2n) is 8.04. The van der Waals surface area contributed by atoms with Crippen LogP contribution in [0.5, 0.6) is 0 Å². The van der Waals surface area contributed by atoms with Crippen molar-refractivity contribution in [2.24, 2.45) is 7.05 Å². The van der Waals surface area contributed by atoms with Crippen LogP contribution in [-0.4, -0.2) is 63.3 Å². The van der Waals surface area contributed by atoms with Crippen LogP contribution in [0, 0.1) is 0 Å². The first-order valence-electron chi connectivity index (χ1n) is 10.2. The normalized spacial score (nSPS) is 18.2. The summed E-state index contributed by atoms with van der Waals surface area (Å²) in [6.07, 6.45) is 3.84. The van der Waals surface area contributed by atoms with Gasteiger partial charge in [-0.15, -0.1) is 0 Å². The molecule has 3 heterocycles. The lowest BCUT2D eigenvalue weighted by Crippen LogP contribution is -2.32. The summed E-state index contributed by atoms with van der Waals surface area (Å²) in [7, 11) is 5.45. The zero-order chi connectivity index (χ0) is 23.0. The number of nitrogens with zero attached hydrogens (tertiary/aromatic N) is 4. The van der Waals surface area contributed by atoms with Gasteiger partial charge < -0.3 is 19.3 Å². The predicted molar refractivity (Wildman–Crippen MR) is 118 cm³/mol. The monoisotopic (exact) mass is 436 g/mol. The van der Waals surface area contributed by atoms with Crippen LogP contribution in [0.4, 0.5) is 0 Å². The molecule has 3 aromatic rings. The van der Waals surface area contributed by atoms with Crippen LogP contribution in [-0.2, 0) is 16.6 Å². The lowest BCUT2D eigenvalue weighted by Gasteiger charge is -2.25. The van der Waals surface area contributed by atoms with E-state index >= 15 is 0 Å². The topological polar surface area (TPSA) is 109 Å². The van der Waals surface area contributed by atoms with Gasteiger partial charge in [0, 0.05) is 31.5 Å². The van der Waals surface area contributed by atoms with Gasteiger partial charge in [0.25, 0.3) is 11.7 Å². The van der Waals surface area contributed by atoms with E-state index in [0.717, 1.165) is 6.54 Å². The standard InChI is InChI=1S/C23H24N4O5/c1-25(2)11-4-12-27-19(14-7-9-24-10-8-14)18(21(29)22(27)30)20(28)15-5-6-16-17(13-15)32-23(31)26(16)3/h5-10,13,19,28H,4,11-12H2,1-3H3/t19-/m1/s1. The van der Waals surface area contributed by atoms with Crippen LogP contribution in [0.15, 0.2) is 57.5 Å². The Morgan fingerprint density at radius 1 is 1.16 bits per heavy atom. The first-order chi connectivity index (χ1) is 15.3. The van der Waals surface area contributed by atoms with Gasteiger partial charge >= 0.3 is 5.76 Å². The average Bonchev–Trinajstić information content (AvgIpc) is 3.20. The number of fused-ring (bicyclic) bond motifs is 1. The number of hydrogen-bond donors (Lipinski definition) is 1. The van der Waals surface area contributed by atoms with Crippen molar-refractivity contribution in [3.63, 3.8) is 0 Å². The third kappa shape index (κ3) is 3.71. The van der Waals surface area contributed by atoms with Crippen LogP contribution in [0.2, 0.25) is 0 Å². The van der Waals surface area contributed by atoms with Crippen molar-refractivity contribution in [1.82, 2.24) is 19.4 Å². The van der Waals surface area contributed by atoms with Gasteiger partial charge in [0.1, 0.15) is 5.76 Å². The molecular weight excluding hydrogens is 412 g/mol. The van der Waals surface area contributed by atoms with Crippen LogP contribution in [0.1, 0.15) is 23.6 Å². The molecule has 1 N–H and O–H groups in total.